The van der Waals surface area contributed by atoms with Gasteiger partial charge >= 0.3 is 57.5 Å². The largest absolute Gasteiger partial charge is 1.00 e. The van der Waals surface area contributed by atoms with Crippen molar-refractivity contribution in [2.24, 2.45) is 0 Å². The summed E-state index contributed by atoms with van der Waals surface area (Å²) in [5.41, 5.74) is 6.95. The van der Waals surface area contributed by atoms with Gasteiger partial charge in [0.05, 0.1) is 5.75 Å². The quantitative estimate of drug-likeness (QED) is 0.400. The van der Waals surface area contributed by atoms with Crippen LogP contribution in [-0.2, 0) is 21.2 Å². The van der Waals surface area contributed by atoms with Gasteiger partial charge in [0.15, 0.2) is 0 Å². The van der Waals surface area contributed by atoms with Crippen LogP contribution in [0.2, 0.25) is 0 Å². The van der Waals surface area contributed by atoms with Crippen molar-refractivity contribution in [1.82, 2.24) is 4.90 Å². The van der Waals surface area contributed by atoms with Gasteiger partial charge in [0.1, 0.15) is 16.4 Å². The molecule has 0 aliphatic carbocycles. The van der Waals surface area contributed by atoms with Gasteiger partial charge < -0.3 is 22.8 Å². The molecular weight excluding hydrogens is 319 g/mol. The van der Waals surface area contributed by atoms with Crippen LogP contribution >= 0.6 is 0 Å². The molecular formula is C13H20KN2O4S-. The molecule has 0 atom stereocenters. The molecule has 0 saturated carbocycles. The number of nitrogens with zero attached hydrogens (tertiary/aromatic N) is 1. The van der Waals surface area contributed by atoms with Crippen molar-refractivity contribution in [3.05, 3.63) is 44.3 Å². The summed E-state index contributed by atoms with van der Waals surface area (Å²) in [6.07, 6.45) is 0.432. The van der Waals surface area contributed by atoms with Gasteiger partial charge in [0, 0.05) is 18.5 Å². The first-order valence-electron chi connectivity index (χ1n) is 5.55. The number of nitrogen functional groups attached to an aromatic ring is 1. The van der Waals surface area contributed by atoms with Crippen molar-refractivity contribution in [2.75, 3.05) is 24.3 Å². The predicted octanol–water partition coefficient (Wildman–Crippen LogP) is -1.50. The third-order valence-corrected chi connectivity index (χ3v) is 3.26. The van der Waals surface area contributed by atoms with E-state index in [2.05, 4.69) is 7.05 Å². The minimum atomic E-state index is -3.13. The molecule has 2 N–H and O–H groups in total. The van der Waals surface area contributed by atoms with Crippen LogP contribution in [0.3, 0.4) is 0 Å². The summed E-state index contributed by atoms with van der Waals surface area (Å²) in [5.74, 6) is -0.145. The number of nitrogens with two attached hydrogens (primary N) is 1. The summed E-state index contributed by atoms with van der Waals surface area (Å²) in [4.78, 5) is 12.5. The second-order valence-corrected chi connectivity index (χ2v) is 6.45. The maximum Gasteiger partial charge on any atom is 1.00 e. The first-order valence-corrected chi connectivity index (χ1v) is 7.61. The third kappa shape index (κ3) is 10.3. The summed E-state index contributed by atoms with van der Waals surface area (Å²) < 4.78 is 26.9. The Morgan fingerprint density at radius 3 is 2.33 bits per heavy atom. The maximum atomic E-state index is 11.5. The first-order chi connectivity index (χ1) is 8.78. The Balaban J connectivity index is 0. The van der Waals surface area contributed by atoms with Crippen LogP contribution in [0, 0.1) is 14.5 Å². The molecule has 1 aromatic carbocycles. The van der Waals surface area contributed by atoms with Crippen LogP contribution in [0.1, 0.15) is 5.56 Å². The van der Waals surface area contributed by atoms with Crippen molar-refractivity contribution in [3.8, 4) is 0 Å². The van der Waals surface area contributed by atoms with E-state index in [9.17, 15) is 13.2 Å². The summed E-state index contributed by atoms with van der Waals surface area (Å²) >= 11 is 0. The summed E-state index contributed by atoms with van der Waals surface area (Å²) in [5, 5.41) is 0. The molecule has 0 aliphatic heterocycles. The Morgan fingerprint density at radius 1 is 1.33 bits per heavy atom. The number of benzene rings is 1. The van der Waals surface area contributed by atoms with E-state index in [0.29, 0.717) is 5.69 Å². The van der Waals surface area contributed by atoms with Gasteiger partial charge in [-0.05, 0) is 17.7 Å². The monoisotopic (exact) mass is 339 g/mol. The standard InChI is InChI=1S/C12H17N2O4S.CH3.K/c1-14(7-8-19(2,16)17)12(15)18-9-10-3-5-11(13)6-4-10;;/h3-6H,1,7-9,13H2,2H3;1H3;/q2*-1;+1. The molecule has 0 aromatic heterocycles. The van der Waals surface area contributed by atoms with Crippen LogP contribution in [0.5, 0.6) is 0 Å². The molecule has 0 bridgehead atoms. The molecule has 0 saturated heterocycles. The second-order valence-electron chi connectivity index (χ2n) is 4.19. The van der Waals surface area contributed by atoms with Crippen LogP contribution in [0.4, 0.5) is 10.5 Å². The fraction of sp³-hybridized carbons (Fsp3) is 0.308. The van der Waals surface area contributed by atoms with E-state index in [1.54, 1.807) is 24.3 Å². The minimum absolute atomic E-state index is 0. The number of rotatable bonds is 5. The number of sulfone groups is 1. The van der Waals surface area contributed by atoms with Gasteiger partial charge in [-0.1, -0.05) is 12.1 Å². The fourth-order valence-corrected chi connectivity index (χ4v) is 1.77. The van der Waals surface area contributed by atoms with Gasteiger partial charge in [-0.3, -0.25) is 0 Å². The average molecular weight is 339 g/mol. The molecule has 21 heavy (non-hydrogen) atoms. The molecule has 0 heterocycles. The van der Waals surface area contributed by atoms with Crippen LogP contribution < -0.4 is 57.1 Å². The molecule has 114 valence electrons. The number of amides is 1. The molecule has 6 nitrogen and oxygen atoms in total. The Morgan fingerprint density at radius 2 is 1.86 bits per heavy atom. The van der Waals surface area contributed by atoms with Crippen LogP contribution in [-0.4, -0.2) is 38.0 Å². The van der Waals surface area contributed by atoms with Crippen molar-refractivity contribution in [3.63, 3.8) is 0 Å². The average Bonchev–Trinajstić information content (AvgIpc) is 2.34. The Labute approximate surface area is 169 Å². The number of hydrogen-bond donors (Lipinski definition) is 1. The van der Waals surface area contributed by atoms with E-state index >= 15 is 0 Å². The molecule has 8 heteroatoms. The molecule has 0 fully saturated rings. The van der Waals surface area contributed by atoms with Gasteiger partial charge in [-0.2, -0.15) is 0 Å². The number of anilines is 1. The first kappa shape index (κ1) is 23.1. The number of hydrogen-bond acceptors (Lipinski definition) is 5. The zero-order chi connectivity index (χ0) is 14.5. The molecule has 0 spiro atoms. The Kier molecular flexibility index (Phi) is 11.7. The van der Waals surface area contributed by atoms with Gasteiger partial charge in [0.25, 0.3) is 0 Å². The third-order valence-electron chi connectivity index (χ3n) is 2.33. The maximum absolute atomic E-state index is 11.5. The normalized spacial score (nSPS) is 10.0. The van der Waals surface area contributed by atoms with E-state index in [1.165, 1.54) is 0 Å². The van der Waals surface area contributed by atoms with Crippen LogP contribution in [0.25, 0.3) is 0 Å². The van der Waals surface area contributed by atoms with Crippen molar-refractivity contribution < 1.29 is 69.3 Å². The molecule has 1 aromatic rings. The molecule has 1 rings (SSSR count). The van der Waals surface area contributed by atoms with Crippen LogP contribution in [0.15, 0.2) is 24.3 Å². The molecule has 0 aliphatic rings. The number of ether oxygens (including phenoxy) is 1. The Hall–Kier alpha value is -0.124. The topological polar surface area (TPSA) is 89.7 Å². The molecule has 0 unspecified atom stereocenters. The fourth-order valence-electron chi connectivity index (χ4n) is 1.22. The van der Waals surface area contributed by atoms with Gasteiger partial charge in [0.2, 0.25) is 0 Å². The summed E-state index contributed by atoms with van der Waals surface area (Å²) in [6.45, 7) is 0.0867. The van der Waals surface area contributed by atoms with Crippen molar-refractivity contribution >= 4 is 21.6 Å². The van der Waals surface area contributed by atoms with E-state index < -0.39 is 15.9 Å². The van der Waals surface area contributed by atoms with E-state index in [-0.39, 0.29) is 77.7 Å². The van der Waals surface area contributed by atoms with E-state index in [1.807, 2.05) is 0 Å². The number of carbonyl (C=O) groups is 1. The van der Waals surface area contributed by atoms with Gasteiger partial charge in [-0.15, -0.1) is 0 Å². The molecule has 0 radical (unpaired) electrons. The predicted molar refractivity (Wildman–Crippen MR) is 79.2 cm³/mol. The summed E-state index contributed by atoms with van der Waals surface area (Å²) in [7, 11) is 0.314. The van der Waals surface area contributed by atoms with Crippen molar-refractivity contribution in [1.29, 1.82) is 0 Å². The van der Waals surface area contributed by atoms with Crippen molar-refractivity contribution in [2.45, 2.75) is 6.61 Å². The number of carbonyl (C=O) groups excluding carboxylic acids is 1. The Bertz CT molecular complexity index is 532. The van der Waals surface area contributed by atoms with E-state index in [4.69, 9.17) is 10.5 Å². The smallest absolute Gasteiger partial charge is 0.460 e. The van der Waals surface area contributed by atoms with E-state index in [0.717, 1.165) is 16.7 Å². The molecule has 1 amide bonds. The van der Waals surface area contributed by atoms with Gasteiger partial charge in [-0.25, -0.2) is 20.3 Å². The second kappa shape index (κ2) is 10.6. The summed E-state index contributed by atoms with van der Waals surface area (Å²) in [6, 6.07) is 6.89. The zero-order valence-electron chi connectivity index (χ0n) is 12.7. The SMILES string of the molecule is [CH2-]N(CCS(C)(=O)=O)C(=O)OCc1ccc(N)cc1.[CH3-].[K+]. The zero-order valence-corrected chi connectivity index (χ0v) is 16.6. The minimum Gasteiger partial charge on any atom is -0.460 e.